The number of ether oxygens (including phenoxy) is 3. The average Bonchev–Trinajstić information content (AvgIpc) is 3.69. The standard InChI is InChI=1S/C32H35ClN4O6/c1-31(2,3)43-30(40)37-17-22(18-37)21-7-9-26-23(16-21)28(38)35-25(29(39)36-32(19-34)10-11-32)15-20-6-8-27(24(33)14-20)42-13-5-4-12-41-26/h4-9,14,16,22,25H,10-13,15,17-18H2,1-3H3,(H,35,38)(H,36,39)/b5-4-/t25-/m0/s1. The summed E-state index contributed by atoms with van der Waals surface area (Å²) in [5.41, 5.74) is 0.341. The summed E-state index contributed by atoms with van der Waals surface area (Å²) in [7, 11) is 0. The summed E-state index contributed by atoms with van der Waals surface area (Å²) in [5.74, 6) is -0.104. The minimum Gasteiger partial charge on any atom is -0.489 e. The van der Waals surface area contributed by atoms with Crippen LogP contribution in [-0.2, 0) is 16.0 Å². The molecule has 2 fully saturated rings. The molecule has 0 spiro atoms. The quantitative estimate of drug-likeness (QED) is 0.492. The molecule has 0 radical (unpaired) electrons. The van der Waals surface area contributed by atoms with Gasteiger partial charge < -0.3 is 29.7 Å². The van der Waals surface area contributed by atoms with Gasteiger partial charge in [0.25, 0.3) is 5.91 Å². The van der Waals surface area contributed by atoms with Crippen LogP contribution in [0, 0.1) is 11.3 Å². The topological polar surface area (TPSA) is 130 Å². The SMILES string of the molecule is CC(C)(C)OC(=O)N1CC(c2ccc3c(c2)C(=O)N[C@H](C(=O)NC2(C#N)CC2)Cc2ccc(c(Cl)c2)OC/C=C\CO3)C1. The summed E-state index contributed by atoms with van der Waals surface area (Å²) in [5, 5.41) is 15.6. The highest BCUT2D eigenvalue weighted by molar-refractivity contribution is 6.32. The summed E-state index contributed by atoms with van der Waals surface area (Å²) in [6.07, 6.45) is 4.46. The zero-order valence-electron chi connectivity index (χ0n) is 24.4. The molecule has 2 aromatic rings. The van der Waals surface area contributed by atoms with Gasteiger partial charge in [0.2, 0.25) is 5.91 Å². The van der Waals surface area contributed by atoms with Gasteiger partial charge in [-0.05, 0) is 81.2 Å². The highest BCUT2D eigenvalue weighted by Gasteiger charge is 2.46. The number of rotatable bonds is 3. The Morgan fingerprint density at radius 1 is 1.09 bits per heavy atom. The van der Waals surface area contributed by atoms with Gasteiger partial charge in [0.15, 0.2) is 0 Å². The molecule has 3 heterocycles. The van der Waals surface area contributed by atoms with E-state index in [1.165, 1.54) is 0 Å². The zero-order valence-corrected chi connectivity index (χ0v) is 25.2. The third-order valence-electron chi connectivity index (χ3n) is 7.47. The van der Waals surface area contributed by atoms with E-state index in [4.69, 9.17) is 25.8 Å². The maximum Gasteiger partial charge on any atom is 0.410 e. The lowest BCUT2D eigenvalue weighted by Crippen LogP contribution is -2.51. The first-order chi connectivity index (χ1) is 20.4. The Hall–Kier alpha value is -4.23. The van der Waals surface area contributed by atoms with Gasteiger partial charge in [0.1, 0.15) is 41.9 Å². The third kappa shape index (κ3) is 7.41. The molecule has 4 aliphatic rings. The van der Waals surface area contributed by atoms with Crippen LogP contribution in [0.5, 0.6) is 11.5 Å². The number of carbonyl (C=O) groups is 3. The van der Waals surface area contributed by atoms with Crippen molar-refractivity contribution in [2.24, 2.45) is 0 Å². The molecular formula is C32H35ClN4O6. The first kappa shape index (κ1) is 30.2. The van der Waals surface area contributed by atoms with Gasteiger partial charge in [-0.2, -0.15) is 5.26 Å². The van der Waals surface area contributed by atoms with Crippen molar-refractivity contribution in [1.82, 2.24) is 15.5 Å². The van der Waals surface area contributed by atoms with Crippen molar-refractivity contribution in [3.05, 3.63) is 70.3 Å². The molecular weight excluding hydrogens is 572 g/mol. The predicted molar refractivity (Wildman–Crippen MR) is 159 cm³/mol. The predicted octanol–water partition coefficient (Wildman–Crippen LogP) is 4.52. The Balaban J connectivity index is 1.41. The maximum atomic E-state index is 13.8. The minimum atomic E-state index is -0.989. The molecule has 43 heavy (non-hydrogen) atoms. The van der Waals surface area contributed by atoms with Gasteiger partial charge in [-0.25, -0.2) is 4.79 Å². The molecule has 2 bridgehead atoms. The van der Waals surface area contributed by atoms with Crippen LogP contribution >= 0.6 is 11.6 Å². The molecule has 0 aromatic heterocycles. The van der Waals surface area contributed by atoms with Crippen molar-refractivity contribution < 1.29 is 28.6 Å². The minimum absolute atomic E-state index is 0.00752. The van der Waals surface area contributed by atoms with Crippen molar-refractivity contribution in [2.45, 2.75) is 63.1 Å². The normalized spacial score (nSPS) is 20.7. The monoisotopic (exact) mass is 606 g/mol. The Morgan fingerprint density at radius 2 is 1.77 bits per heavy atom. The number of hydrogen-bond donors (Lipinski definition) is 2. The van der Waals surface area contributed by atoms with Crippen LogP contribution in [0.15, 0.2) is 48.6 Å². The van der Waals surface area contributed by atoms with Crippen LogP contribution in [0.4, 0.5) is 4.79 Å². The molecule has 226 valence electrons. The summed E-state index contributed by atoms with van der Waals surface area (Å²) >= 11 is 6.45. The molecule has 3 aliphatic heterocycles. The van der Waals surface area contributed by atoms with E-state index in [0.29, 0.717) is 48.0 Å². The number of likely N-dealkylation sites (tertiary alicyclic amines) is 1. The molecule has 1 atom stereocenters. The van der Waals surface area contributed by atoms with Crippen LogP contribution < -0.4 is 20.1 Å². The number of halogens is 1. The van der Waals surface area contributed by atoms with Crippen molar-refractivity contribution in [2.75, 3.05) is 26.3 Å². The molecule has 0 unspecified atom stereocenters. The van der Waals surface area contributed by atoms with Gasteiger partial charge in [-0.15, -0.1) is 0 Å². The van der Waals surface area contributed by atoms with Crippen LogP contribution in [0.1, 0.15) is 61.0 Å². The van der Waals surface area contributed by atoms with E-state index in [1.54, 1.807) is 47.4 Å². The second-order valence-electron chi connectivity index (χ2n) is 12.1. The number of nitrogens with one attached hydrogen (secondary N) is 2. The molecule has 11 heteroatoms. The fourth-order valence-corrected chi connectivity index (χ4v) is 5.12. The number of nitriles is 1. The van der Waals surface area contributed by atoms with Gasteiger partial charge in [0.05, 0.1) is 16.7 Å². The number of hydrogen-bond acceptors (Lipinski definition) is 7. The second-order valence-corrected chi connectivity index (χ2v) is 12.5. The van der Waals surface area contributed by atoms with Gasteiger partial charge in [-0.3, -0.25) is 9.59 Å². The highest BCUT2D eigenvalue weighted by atomic mass is 35.5. The van der Waals surface area contributed by atoms with Crippen molar-refractivity contribution >= 4 is 29.5 Å². The van der Waals surface area contributed by atoms with Crippen molar-refractivity contribution in [3.8, 4) is 17.6 Å². The number of benzene rings is 2. The summed E-state index contributed by atoms with van der Waals surface area (Å²) in [4.78, 5) is 41.3. The molecule has 1 aliphatic carbocycles. The van der Waals surface area contributed by atoms with Crippen molar-refractivity contribution in [3.63, 3.8) is 0 Å². The summed E-state index contributed by atoms with van der Waals surface area (Å²) < 4.78 is 17.2. The molecule has 3 amide bonds. The van der Waals surface area contributed by atoms with Crippen LogP contribution in [0.2, 0.25) is 5.02 Å². The lowest BCUT2D eigenvalue weighted by Gasteiger charge is -2.40. The third-order valence-corrected chi connectivity index (χ3v) is 7.77. The zero-order chi connectivity index (χ0) is 30.8. The van der Waals surface area contributed by atoms with Crippen LogP contribution in [-0.4, -0.2) is 66.3 Å². The van der Waals surface area contributed by atoms with Crippen LogP contribution in [0.3, 0.4) is 0 Å². The maximum absolute atomic E-state index is 13.8. The lowest BCUT2D eigenvalue weighted by atomic mass is 9.90. The fraction of sp³-hybridized carbons (Fsp3) is 0.438. The number of nitrogens with zero attached hydrogens (tertiary/aromatic N) is 2. The summed E-state index contributed by atoms with van der Waals surface area (Å²) in [6, 6.07) is 11.8. The van der Waals surface area contributed by atoms with Crippen molar-refractivity contribution in [1.29, 1.82) is 5.26 Å². The van der Waals surface area contributed by atoms with Crippen LogP contribution in [0.25, 0.3) is 0 Å². The Kier molecular flexibility index (Phi) is 8.56. The molecule has 1 saturated carbocycles. The van der Waals surface area contributed by atoms with E-state index in [-0.39, 0.29) is 37.2 Å². The fourth-order valence-electron chi connectivity index (χ4n) is 4.86. The van der Waals surface area contributed by atoms with E-state index in [1.807, 2.05) is 26.8 Å². The highest BCUT2D eigenvalue weighted by Crippen LogP contribution is 2.35. The Morgan fingerprint density at radius 3 is 2.40 bits per heavy atom. The lowest BCUT2D eigenvalue weighted by molar-refractivity contribution is -0.123. The van der Waals surface area contributed by atoms with E-state index >= 15 is 0 Å². The average molecular weight is 607 g/mol. The number of amides is 3. The Labute approximate surface area is 255 Å². The molecule has 2 N–H and O–H groups in total. The molecule has 1 saturated heterocycles. The van der Waals surface area contributed by atoms with Gasteiger partial charge >= 0.3 is 6.09 Å². The number of carbonyl (C=O) groups excluding carboxylic acids is 3. The molecule has 6 rings (SSSR count). The first-order valence-electron chi connectivity index (χ1n) is 14.3. The van der Waals surface area contributed by atoms with E-state index in [0.717, 1.165) is 5.56 Å². The number of fused-ring (bicyclic) bond motifs is 9. The van der Waals surface area contributed by atoms with Gasteiger partial charge in [-0.1, -0.05) is 23.7 Å². The van der Waals surface area contributed by atoms with E-state index in [2.05, 4.69) is 16.7 Å². The van der Waals surface area contributed by atoms with Gasteiger partial charge in [0, 0.05) is 25.4 Å². The smallest absolute Gasteiger partial charge is 0.410 e. The second kappa shape index (κ2) is 12.2. The largest absolute Gasteiger partial charge is 0.489 e. The Bertz CT molecular complexity index is 1480. The summed E-state index contributed by atoms with van der Waals surface area (Å²) in [6.45, 7) is 6.83. The molecule has 2 aromatic carbocycles. The first-order valence-corrected chi connectivity index (χ1v) is 14.7. The molecule has 10 nitrogen and oxygen atoms in total. The van der Waals surface area contributed by atoms with E-state index < -0.39 is 29.0 Å². The van der Waals surface area contributed by atoms with E-state index in [9.17, 15) is 19.6 Å².